The summed E-state index contributed by atoms with van der Waals surface area (Å²) in [5.41, 5.74) is 0.946. The van der Waals surface area contributed by atoms with Crippen LogP contribution in [-0.4, -0.2) is 22.2 Å². The van der Waals surface area contributed by atoms with Gasteiger partial charge in [0.25, 0.3) is 5.91 Å². The average Bonchev–Trinajstić information content (AvgIpc) is 3.31. The maximum Gasteiger partial charge on any atom is 0.337 e. The number of hydrogen-bond acceptors (Lipinski definition) is 5. The van der Waals surface area contributed by atoms with Crippen molar-refractivity contribution in [2.75, 3.05) is 0 Å². The summed E-state index contributed by atoms with van der Waals surface area (Å²) < 4.78 is 5.79. The standard InChI is InChI=1S/C21H12Cl2N2O4S/c22-11-5-7-15(23)14(9-11)17-8-6-12(29-17)10-18-19(26)25-21(30-18)24-16-4-2-1-3-13(16)20(27)28/h1-10H,(H,27,28)(H,24,25,26). The lowest BCUT2D eigenvalue weighted by atomic mass is 10.2. The molecule has 0 aliphatic carbocycles. The molecule has 1 fully saturated rings. The number of aromatic carboxylic acids is 1. The van der Waals surface area contributed by atoms with Gasteiger partial charge in [-0.05, 0) is 54.2 Å². The predicted molar refractivity (Wildman–Crippen MR) is 118 cm³/mol. The number of nitrogens with zero attached hydrogens (tertiary/aromatic N) is 1. The zero-order valence-corrected chi connectivity index (χ0v) is 17.4. The number of halogens is 2. The van der Waals surface area contributed by atoms with Gasteiger partial charge in [0, 0.05) is 16.7 Å². The van der Waals surface area contributed by atoms with Crippen LogP contribution in [0.25, 0.3) is 17.4 Å². The summed E-state index contributed by atoms with van der Waals surface area (Å²) in [6.07, 6.45) is 1.58. The number of carboxylic acids is 1. The van der Waals surface area contributed by atoms with Crippen molar-refractivity contribution in [2.24, 2.45) is 4.99 Å². The molecule has 30 heavy (non-hydrogen) atoms. The Labute approximate surface area is 185 Å². The van der Waals surface area contributed by atoms with Gasteiger partial charge < -0.3 is 14.8 Å². The fraction of sp³-hybridized carbons (Fsp3) is 0. The highest BCUT2D eigenvalue weighted by molar-refractivity contribution is 8.18. The molecule has 0 bridgehead atoms. The molecular weight excluding hydrogens is 447 g/mol. The number of nitrogens with one attached hydrogen (secondary N) is 1. The third kappa shape index (κ3) is 4.28. The lowest BCUT2D eigenvalue weighted by molar-refractivity contribution is -0.115. The van der Waals surface area contributed by atoms with E-state index in [0.717, 1.165) is 11.8 Å². The van der Waals surface area contributed by atoms with Crippen molar-refractivity contribution in [2.45, 2.75) is 0 Å². The van der Waals surface area contributed by atoms with Crippen LogP contribution in [0.4, 0.5) is 5.69 Å². The number of benzene rings is 2. The fourth-order valence-electron chi connectivity index (χ4n) is 2.73. The number of rotatable bonds is 4. The maximum absolute atomic E-state index is 12.3. The Morgan fingerprint density at radius 2 is 1.93 bits per heavy atom. The van der Waals surface area contributed by atoms with E-state index in [1.54, 1.807) is 54.6 Å². The number of thioether (sulfide) groups is 1. The first kappa shape index (κ1) is 20.3. The van der Waals surface area contributed by atoms with Crippen LogP contribution in [0.5, 0.6) is 0 Å². The topological polar surface area (TPSA) is 91.9 Å². The number of amides is 1. The van der Waals surface area contributed by atoms with Crippen molar-refractivity contribution >= 4 is 63.8 Å². The number of carbonyl (C=O) groups excluding carboxylic acids is 1. The second kappa shape index (κ2) is 8.39. The molecule has 0 radical (unpaired) electrons. The Morgan fingerprint density at radius 3 is 2.73 bits per heavy atom. The van der Waals surface area contributed by atoms with E-state index in [1.165, 1.54) is 6.07 Å². The minimum atomic E-state index is -1.09. The van der Waals surface area contributed by atoms with Gasteiger partial charge in [-0.3, -0.25) is 4.79 Å². The second-order valence-corrected chi connectivity index (χ2v) is 8.00. The van der Waals surface area contributed by atoms with Gasteiger partial charge in [-0.15, -0.1) is 0 Å². The number of furan rings is 1. The van der Waals surface area contributed by atoms with Gasteiger partial charge in [0.15, 0.2) is 5.17 Å². The van der Waals surface area contributed by atoms with Crippen LogP contribution < -0.4 is 5.32 Å². The molecule has 9 heteroatoms. The van der Waals surface area contributed by atoms with E-state index >= 15 is 0 Å². The molecule has 0 atom stereocenters. The summed E-state index contributed by atoms with van der Waals surface area (Å²) >= 11 is 13.3. The third-order valence-electron chi connectivity index (χ3n) is 4.10. The predicted octanol–water partition coefficient (Wildman–Crippen LogP) is 5.84. The molecule has 0 unspecified atom stereocenters. The molecule has 150 valence electrons. The van der Waals surface area contributed by atoms with Gasteiger partial charge >= 0.3 is 5.97 Å². The van der Waals surface area contributed by atoms with Crippen molar-refractivity contribution in [3.8, 4) is 11.3 Å². The summed E-state index contributed by atoms with van der Waals surface area (Å²) in [5, 5.41) is 13.2. The Morgan fingerprint density at radius 1 is 1.13 bits per heavy atom. The van der Waals surface area contributed by atoms with E-state index in [0.29, 0.717) is 32.0 Å². The lowest BCUT2D eigenvalue weighted by Crippen LogP contribution is -2.19. The van der Waals surface area contributed by atoms with Crippen molar-refractivity contribution in [3.63, 3.8) is 0 Å². The number of carbonyl (C=O) groups is 2. The number of carboxylic acid groups (broad SMARTS) is 1. The molecule has 1 aromatic heterocycles. The largest absolute Gasteiger partial charge is 0.478 e. The smallest absolute Gasteiger partial charge is 0.337 e. The van der Waals surface area contributed by atoms with Gasteiger partial charge in [-0.25, -0.2) is 9.79 Å². The molecule has 4 rings (SSSR count). The van der Waals surface area contributed by atoms with Crippen molar-refractivity contribution in [1.29, 1.82) is 0 Å². The molecular formula is C21H12Cl2N2O4S. The SMILES string of the molecule is O=C1NC(=Nc2ccccc2C(=O)O)SC1=Cc1ccc(-c2cc(Cl)ccc2Cl)o1. The Kier molecular flexibility index (Phi) is 5.67. The number of aliphatic imine (C=N–C) groups is 1. The summed E-state index contributed by atoms with van der Waals surface area (Å²) in [7, 11) is 0. The van der Waals surface area contributed by atoms with E-state index in [-0.39, 0.29) is 22.3 Å². The van der Waals surface area contributed by atoms with E-state index in [4.69, 9.17) is 27.6 Å². The number of para-hydroxylation sites is 1. The zero-order chi connectivity index (χ0) is 21.3. The molecule has 6 nitrogen and oxygen atoms in total. The van der Waals surface area contributed by atoms with E-state index in [1.807, 2.05) is 0 Å². The molecule has 1 amide bonds. The highest BCUT2D eigenvalue weighted by Crippen LogP contribution is 2.34. The summed E-state index contributed by atoms with van der Waals surface area (Å²) in [4.78, 5) is 28.2. The molecule has 1 aliphatic rings. The van der Waals surface area contributed by atoms with Crippen LogP contribution in [0, 0.1) is 0 Å². The lowest BCUT2D eigenvalue weighted by Gasteiger charge is -2.01. The van der Waals surface area contributed by atoms with Crippen LogP contribution in [0.1, 0.15) is 16.1 Å². The monoisotopic (exact) mass is 458 g/mol. The van der Waals surface area contributed by atoms with Crippen LogP contribution in [0.15, 0.2) is 68.9 Å². The Hall–Kier alpha value is -3.00. The van der Waals surface area contributed by atoms with Crippen LogP contribution >= 0.6 is 35.0 Å². The highest BCUT2D eigenvalue weighted by Gasteiger charge is 2.25. The van der Waals surface area contributed by atoms with Crippen molar-refractivity contribution < 1.29 is 19.1 Å². The first-order valence-electron chi connectivity index (χ1n) is 8.58. The minimum Gasteiger partial charge on any atom is -0.478 e. The van der Waals surface area contributed by atoms with Gasteiger partial charge in [0.1, 0.15) is 11.5 Å². The number of amidine groups is 1. The summed E-state index contributed by atoms with van der Waals surface area (Å²) in [6, 6.07) is 14.8. The average molecular weight is 459 g/mol. The first-order valence-corrected chi connectivity index (χ1v) is 10.1. The van der Waals surface area contributed by atoms with E-state index in [2.05, 4.69) is 10.3 Å². The molecule has 0 saturated carbocycles. The number of hydrogen-bond donors (Lipinski definition) is 2. The van der Waals surface area contributed by atoms with Gasteiger partial charge in [0.05, 0.1) is 21.2 Å². The minimum absolute atomic E-state index is 0.0476. The fourth-order valence-corrected chi connectivity index (χ4v) is 3.93. The molecule has 0 spiro atoms. The molecule has 2 aromatic carbocycles. The van der Waals surface area contributed by atoms with E-state index in [9.17, 15) is 14.7 Å². The third-order valence-corrected chi connectivity index (χ3v) is 5.58. The second-order valence-electron chi connectivity index (χ2n) is 6.13. The summed E-state index contributed by atoms with van der Waals surface area (Å²) in [5.74, 6) is -0.485. The molecule has 3 aromatic rings. The van der Waals surface area contributed by atoms with Gasteiger partial charge in [0.2, 0.25) is 0 Å². The molecule has 1 aliphatic heterocycles. The quantitative estimate of drug-likeness (QED) is 0.478. The summed E-state index contributed by atoms with van der Waals surface area (Å²) in [6.45, 7) is 0. The highest BCUT2D eigenvalue weighted by atomic mass is 35.5. The molecule has 2 heterocycles. The Bertz CT molecular complexity index is 1230. The van der Waals surface area contributed by atoms with Gasteiger partial charge in [-0.1, -0.05) is 35.3 Å². The van der Waals surface area contributed by atoms with E-state index < -0.39 is 5.97 Å². The molecule has 2 N–H and O–H groups in total. The normalized spacial score (nSPS) is 16.3. The Balaban J connectivity index is 1.59. The zero-order valence-electron chi connectivity index (χ0n) is 15.1. The van der Waals surface area contributed by atoms with Crippen molar-refractivity contribution in [3.05, 3.63) is 80.9 Å². The first-order chi connectivity index (χ1) is 14.4. The van der Waals surface area contributed by atoms with Gasteiger partial charge in [-0.2, -0.15) is 0 Å². The van der Waals surface area contributed by atoms with Crippen LogP contribution in [-0.2, 0) is 4.79 Å². The van der Waals surface area contributed by atoms with Crippen LogP contribution in [0.3, 0.4) is 0 Å². The maximum atomic E-state index is 12.3. The van der Waals surface area contributed by atoms with Crippen LogP contribution in [0.2, 0.25) is 10.0 Å². The van der Waals surface area contributed by atoms with Crippen molar-refractivity contribution in [1.82, 2.24) is 5.32 Å². The molecule has 1 saturated heterocycles.